The fourth-order valence-electron chi connectivity index (χ4n) is 3.76. The maximum absolute atomic E-state index is 12.5. The van der Waals surface area contributed by atoms with Gasteiger partial charge in [-0.15, -0.1) is 0 Å². The van der Waals surface area contributed by atoms with Crippen molar-refractivity contribution < 1.29 is 9.32 Å². The van der Waals surface area contributed by atoms with Crippen molar-refractivity contribution in [1.82, 2.24) is 19.9 Å². The average Bonchev–Trinajstić information content (AvgIpc) is 3.35. The zero-order chi connectivity index (χ0) is 17.9. The summed E-state index contributed by atoms with van der Waals surface area (Å²) in [6.07, 6.45) is 4.15. The van der Waals surface area contributed by atoms with E-state index in [1.807, 2.05) is 29.2 Å². The highest BCUT2D eigenvalue weighted by Gasteiger charge is 2.30. The Labute approximate surface area is 161 Å². The predicted molar refractivity (Wildman–Crippen MR) is 101 cm³/mol. The molecule has 0 N–H and O–H groups in total. The van der Waals surface area contributed by atoms with E-state index < -0.39 is 0 Å². The zero-order valence-corrected chi connectivity index (χ0v) is 16.3. The van der Waals surface area contributed by atoms with E-state index in [1.54, 1.807) is 0 Å². The van der Waals surface area contributed by atoms with E-state index in [4.69, 9.17) is 4.52 Å². The molecule has 1 amide bonds. The predicted octanol–water partition coefficient (Wildman–Crippen LogP) is 3.33. The number of aromatic nitrogens is 2. The van der Waals surface area contributed by atoms with Crippen LogP contribution >= 0.6 is 15.9 Å². The van der Waals surface area contributed by atoms with Gasteiger partial charge in [-0.2, -0.15) is 4.98 Å². The molecule has 2 aromatic rings. The Balaban J connectivity index is 1.30. The number of hydrogen-bond acceptors (Lipinski definition) is 5. The summed E-state index contributed by atoms with van der Waals surface area (Å²) in [5.41, 5.74) is 0.943. The standard InChI is InChI=1S/C19H23BrN4O2/c20-16-5-3-14(4-6-16)18-21-17(26-22-18)13-23-11-7-15(8-12-23)19(25)24-9-1-2-10-24/h3-6,15H,1-2,7-13H2. The Morgan fingerprint density at radius 3 is 2.50 bits per heavy atom. The second-order valence-corrected chi connectivity index (χ2v) is 8.02. The zero-order valence-electron chi connectivity index (χ0n) is 14.7. The molecular weight excluding hydrogens is 396 g/mol. The van der Waals surface area contributed by atoms with Crippen molar-refractivity contribution in [1.29, 1.82) is 0 Å². The molecule has 2 aliphatic rings. The molecule has 2 fully saturated rings. The normalized spacial score (nSPS) is 19.2. The number of amides is 1. The molecule has 138 valence electrons. The lowest BCUT2D eigenvalue weighted by molar-refractivity contribution is -0.136. The van der Waals surface area contributed by atoms with Crippen LogP contribution in [0.2, 0.25) is 0 Å². The van der Waals surface area contributed by atoms with E-state index >= 15 is 0 Å². The highest BCUT2D eigenvalue weighted by atomic mass is 79.9. The second-order valence-electron chi connectivity index (χ2n) is 7.10. The first-order chi connectivity index (χ1) is 12.7. The third-order valence-corrected chi connectivity index (χ3v) is 5.81. The van der Waals surface area contributed by atoms with Crippen LogP contribution in [-0.4, -0.2) is 52.0 Å². The summed E-state index contributed by atoms with van der Waals surface area (Å²) in [6.45, 7) is 4.34. The topological polar surface area (TPSA) is 62.5 Å². The Kier molecular flexibility index (Phi) is 5.36. The lowest BCUT2D eigenvalue weighted by atomic mass is 9.95. The number of carbonyl (C=O) groups excluding carboxylic acids is 1. The van der Waals surface area contributed by atoms with Gasteiger partial charge in [0.25, 0.3) is 0 Å². The van der Waals surface area contributed by atoms with Crippen molar-refractivity contribution in [2.75, 3.05) is 26.2 Å². The van der Waals surface area contributed by atoms with Gasteiger partial charge in [-0.05, 0) is 63.0 Å². The number of benzene rings is 1. The van der Waals surface area contributed by atoms with Crippen LogP contribution in [0.4, 0.5) is 0 Å². The van der Waals surface area contributed by atoms with Crippen LogP contribution in [-0.2, 0) is 11.3 Å². The molecule has 2 saturated heterocycles. The molecule has 0 radical (unpaired) electrons. The summed E-state index contributed by atoms with van der Waals surface area (Å²) in [5, 5.41) is 4.09. The second kappa shape index (κ2) is 7.88. The molecular formula is C19H23BrN4O2. The van der Waals surface area contributed by atoms with Crippen LogP contribution in [0.15, 0.2) is 33.3 Å². The van der Waals surface area contributed by atoms with Gasteiger partial charge < -0.3 is 9.42 Å². The average molecular weight is 419 g/mol. The van der Waals surface area contributed by atoms with Gasteiger partial charge in [0.15, 0.2) is 0 Å². The summed E-state index contributed by atoms with van der Waals surface area (Å²) < 4.78 is 6.44. The molecule has 0 saturated carbocycles. The van der Waals surface area contributed by atoms with E-state index in [0.717, 1.165) is 61.9 Å². The molecule has 4 rings (SSSR count). The Hall–Kier alpha value is -1.73. The first-order valence-corrected chi connectivity index (χ1v) is 10.1. The third-order valence-electron chi connectivity index (χ3n) is 5.28. The molecule has 2 aliphatic heterocycles. The van der Waals surface area contributed by atoms with Gasteiger partial charge in [-0.1, -0.05) is 21.1 Å². The van der Waals surface area contributed by atoms with Crippen LogP contribution < -0.4 is 0 Å². The molecule has 1 aromatic heterocycles. The SMILES string of the molecule is O=C(C1CCN(Cc2nc(-c3ccc(Br)cc3)no2)CC1)N1CCCC1. The maximum atomic E-state index is 12.5. The first-order valence-electron chi connectivity index (χ1n) is 9.29. The first kappa shape index (κ1) is 17.7. The van der Waals surface area contributed by atoms with Gasteiger partial charge in [-0.3, -0.25) is 9.69 Å². The van der Waals surface area contributed by atoms with E-state index in [-0.39, 0.29) is 5.92 Å². The summed E-state index contributed by atoms with van der Waals surface area (Å²) in [6, 6.07) is 7.86. The molecule has 0 spiro atoms. The van der Waals surface area contributed by atoms with Gasteiger partial charge in [-0.25, -0.2) is 0 Å². The summed E-state index contributed by atoms with van der Waals surface area (Å²) in [7, 11) is 0. The largest absolute Gasteiger partial charge is 0.342 e. The summed E-state index contributed by atoms with van der Waals surface area (Å²) in [5.74, 6) is 1.79. The van der Waals surface area contributed by atoms with Gasteiger partial charge in [0.2, 0.25) is 17.6 Å². The molecule has 0 atom stereocenters. The van der Waals surface area contributed by atoms with Crippen molar-refractivity contribution in [2.24, 2.45) is 5.92 Å². The maximum Gasteiger partial charge on any atom is 0.241 e. The lowest BCUT2D eigenvalue weighted by Crippen LogP contribution is -2.41. The summed E-state index contributed by atoms with van der Waals surface area (Å²) >= 11 is 3.43. The van der Waals surface area contributed by atoms with E-state index in [1.165, 1.54) is 0 Å². The molecule has 0 unspecified atom stereocenters. The van der Waals surface area contributed by atoms with Crippen LogP contribution in [0.5, 0.6) is 0 Å². The minimum absolute atomic E-state index is 0.186. The highest BCUT2D eigenvalue weighted by Crippen LogP contribution is 2.24. The van der Waals surface area contributed by atoms with E-state index in [9.17, 15) is 4.79 Å². The number of hydrogen-bond donors (Lipinski definition) is 0. The van der Waals surface area contributed by atoms with Gasteiger partial charge in [0.1, 0.15) is 0 Å². The molecule has 26 heavy (non-hydrogen) atoms. The molecule has 0 bridgehead atoms. The van der Waals surface area contributed by atoms with Crippen LogP contribution in [0, 0.1) is 5.92 Å². The fraction of sp³-hybridized carbons (Fsp3) is 0.526. The van der Waals surface area contributed by atoms with Gasteiger partial charge in [0.05, 0.1) is 6.54 Å². The Bertz CT molecular complexity index is 747. The van der Waals surface area contributed by atoms with Crippen molar-refractivity contribution >= 4 is 21.8 Å². The van der Waals surface area contributed by atoms with E-state index in [0.29, 0.717) is 24.2 Å². The van der Waals surface area contributed by atoms with Crippen molar-refractivity contribution in [3.8, 4) is 11.4 Å². The molecule has 1 aromatic carbocycles. The number of likely N-dealkylation sites (tertiary alicyclic amines) is 2. The van der Waals surface area contributed by atoms with Gasteiger partial charge in [0, 0.05) is 29.0 Å². The summed E-state index contributed by atoms with van der Waals surface area (Å²) in [4.78, 5) is 21.4. The van der Waals surface area contributed by atoms with Crippen LogP contribution in [0.3, 0.4) is 0 Å². The number of rotatable bonds is 4. The molecule has 3 heterocycles. The molecule has 7 heteroatoms. The Morgan fingerprint density at radius 1 is 1.12 bits per heavy atom. The number of nitrogens with zero attached hydrogens (tertiary/aromatic N) is 4. The minimum Gasteiger partial charge on any atom is -0.342 e. The van der Waals surface area contributed by atoms with Crippen LogP contribution in [0.1, 0.15) is 31.6 Å². The lowest BCUT2D eigenvalue weighted by Gasteiger charge is -2.32. The quantitative estimate of drug-likeness (QED) is 0.761. The molecule has 0 aliphatic carbocycles. The monoisotopic (exact) mass is 418 g/mol. The van der Waals surface area contributed by atoms with E-state index in [2.05, 4.69) is 31.0 Å². The van der Waals surface area contributed by atoms with Crippen molar-refractivity contribution in [3.05, 3.63) is 34.6 Å². The number of carbonyl (C=O) groups is 1. The smallest absolute Gasteiger partial charge is 0.241 e. The van der Waals surface area contributed by atoms with Crippen molar-refractivity contribution in [2.45, 2.75) is 32.2 Å². The number of halogens is 1. The third kappa shape index (κ3) is 3.99. The van der Waals surface area contributed by atoms with Gasteiger partial charge >= 0.3 is 0 Å². The highest BCUT2D eigenvalue weighted by molar-refractivity contribution is 9.10. The van der Waals surface area contributed by atoms with Crippen molar-refractivity contribution in [3.63, 3.8) is 0 Å². The fourth-order valence-corrected chi connectivity index (χ4v) is 4.02. The minimum atomic E-state index is 0.186. The number of piperidine rings is 1. The molecule has 6 nitrogen and oxygen atoms in total. The van der Waals surface area contributed by atoms with Crippen LogP contribution in [0.25, 0.3) is 11.4 Å². The Morgan fingerprint density at radius 2 is 1.81 bits per heavy atom.